The van der Waals surface area contributed by atoms with E-state index in [4.69, 9.17) is 9.72 Å². The summed E-state index contributed by atoms with van der Waals surface area (Å²) in [5.41, 5.74) is 1.91. The Hall–Kier alpha value is -5.97. The lowest BCUT2D eigenvalue weighted by molar-refractivity contribution is -0.135. The fraction of sp³-hybridized carbons (Fsp3) is 0.533. The van der Waals surface area contributed by atoms with Gasteiger partial charge in [-0.2, -0.15) is 10.2 Å². The molecule has 4 aromatic heterocycles. The van der Waals surface area contributed by atoms with Crippen LogP contribution in [0.15, 0.2) is 47.7 Å². The lowest BCUT2D eigenvalue weighted by Gasteiger charge is -2.37. The van der Waals surface area contributed by atoms with Crippen molar-refractivity contribution in [3.05, 3.63) is 70.2 Å². The first-order chi connectivity index (χ1) is 31.0. The summed E-state index contributed by atoms with van der Waals surface area (Å²) >= 11 is 0. The Morgan fingerprint density at radius 2 is 1.84 bits per heavy atom. The molecule has 8 heterocycles. The van der Waals surface area contributed by atoms with Crippen molar-refractivity contribution in [2.75, 3.05) is 75.8 Å². The number of nitrogens with one attached hydrogen (secondary N) is 2. The molecule has 5 aromatic rings. The fourth-order valence-electron chi connectivity index (χ4n) is 10.4. The highest BCUT2D eigenvalue weighted by Gasteiger charge is 2.42. The van der Waals surface area contributed by atoms with Crippen molar-refractivity contribution in [1.29, 1.82) is 0 Å². The Kier molecular flexibility index (Phi) is 11.3. The van der Waals surface area contributed by atoms with Crippen LogP contribution in [0, 0.1) is 23.2 Å². The van der Waals surface area contributed by atoms with Crippen LogP contribution in [-0.4, -0.2) is 127 Å². The molecule has 4 saturated heterocycles. The largest absolute Gasteiger partial charge is 0.381 e. The number of imidazole rings is 1. The molecule has 1 aromatic carbocycles. The van der Waals surface area contributed by atoms with E-state index in [9.17, 15) is 28.0 Å². The molecule has 10 rings (SSSR count). The van der Waals surface area contributed by atoms with Gasteiger partial charge in [0.05, 0.1) is 47.7 Å². The van der Waals surface area contributed by atoms with E-state index in [1.807, 2.05) is 24.3 Å². The van der Waals surface area contributed by atoms with Crippen molar-refractivity contribution in [2.24, 2.45) is 18.4 Å². The Balaban J connectivity index is 0.716. The van der Waals surface area contributed by atoms with Gasteiger partial charge in [-0.1, -0.05) is 17.9 Å². The van der Waals surface area contributed by atoms with Gasteiger partial charge in [0.25, 0.3) is 12.3 Å². The summed E-state index contributed by atoms with van der Waals surface area (Å²) in [6.45, 7) is 8.32. The van der Waals surface area contributed by atoms with Gasteiger partial charge in [0.1, 0.15) is 17.4 Å². The molecule has 5 fully saturated rings. The van der Waals surface area contributed by atoms with Crippen molar-refractivity contribution in [1.82, 2.24) is 48.6 Å². The van der Waals surface area contributed by atoms with E-state index in [0.717, 1.165) is 103 Å². The summed E-state index contributed by atoms with van der Waals surface area (Å²) in [5.74, 6) is 6.44. The van der Waals surface area contributed by atoms with Crippen LogP contribution in [0.5, 0.6) is 0 Å². The van der Waals surface area contributed by atoms with Crippen LogP contribution in [0.4, 0.5) is 20.3 Å². The molecule has 0 bridgehead atoms. The summed E-state index contributed by atoms with van der Waals surface area (Å²) < 4.78 is 40.5. The average Bonchev–Trinajstić information content (AvgIpc) is 4.15. The van der Waals surface area contributed by atoms with Crippen molar-refractivity contribution in [3.8, 4) is 11.8 Å². The first-order valence-corrected chi connectivity index (χ1v) is 22.4. The third-order valence-electron chi connectivity index (χ3n) is 14.1. The van der Waals surface area contributed by atoms with Crippen molar-refractivity contribution in [3.63, 3.8) is 0 Å². The predicted octanol–water partition coefficient (Wildman–Crippen LogP) is 3.76. The van der Waals surface area contributed by atoms with Crippen LogP contribution in [0.2, 0.25) is 0 Å². The zero-order valence-electron chi connectivity index (χ0n) is 35.8. The quantitative estimate of drug-likeness (QED) is 0.163. The number of para-hydroxylation sites is 1. The summed E-state index contributed by atoms with van der Waals surface area (Å²) in [4.78, 5) is 63.1. The number of imide groups is 1. The summed E-state index contributed by atoms with van der Waals surface area (Å²) in [5, 5.41) is 13.7. The molecule has 5 aliphatic rings. The fourth-order valence-corrected chi connectivity index (χ4v) is 10.4. The smallest absolute Gasteiger partial charge is 0.329 e. The Morgan fingerprint density at radius 3 is 2.61 bits per heavy atom. The van der Waals surface area contributed by atoms with Crippen LogP contribution in [0.1, 0.15) is 91.5 Å². The number of carbonyl (C=O) groups excluding carboxylic acids is 3. The van der Waals surface area contributed by atoms with E-state index in [0.29, 0.717) is 34.7 Å². The number of aromatic nitrogens is 7. The molecule has 17 nitrogen and oxygen atoms in total. The standard InChI is InChI=1S/C45H52F2N12O5/c1-53-39-30(4-2-6-34(39)59(44(53)63)35-11-12-37(60)51-43(35)62)5-3-16-54-19-21-55(22-20-54)25-29-7-9-31(10-8-29)58-26-33(38(52-58)40(46)47)49-42(61)32-24-48-57-17-13-36(50-41(32)57)56-18-14-45(27-56)15-23-64-28-45/h2,4,6,13,17,24,26,29,31,35,40H,7-12,14-16,18-23,25,27-28H2,1H3,(H,49,61)(H,51,60,62)/t29?,31?,35?,45-/m0/s1. The maximum Gasteiger partial charge on any atom is 0.329 e. The minimum absolute atomic E-state index is 0.00514. The first-order valence-electron chi connectivity index (χ1n) is 22.4. The predicted molar refractivity (Wildman–Crippen MR) is 232 cm³/mol. The number of fused-ring (bicyclic) bond motifs is 2. The topological polar surface area (TPSA) is 169 Å². The molecule has 1 saturated carbocycles. The van der Waals surface area contributed by atoms with Gasteiger partial charge in [0.2, 0.25) is 11.8 Å². The van der Waals surface area contributed by atoms with Crippen molar-refractivity contribution < 1.29 is 27.9 Å². The lowest BCUT2D eigenvalue weighted by atomic mass is 9.85. The normalized spacial score (nSPS) is 24.6. The Bertz CT molecular complexity index is 2720. The van der Waals surface area contributed by atoms with Gasteiger partial charge < -0.3 is 19.9 Å². The Labute approximate surface area is 367 Å². The molecule has 2 atom stereocenters. The van der Waals surface area contributed by atoms with Gasteiger partial charge in [-0.15, -0.1) is 0 Å². The van der Waals surface area contributed by atoms with Gasteiger partial charge in [0, 0.05) is 83.7 Å². The number of hydrogen-bond acceptors (Lipinski definition) is 11. The molecule has 336 valence electrons. The van der Waals surface area contributed by atoms with Crippen LogP contribution in [-0.2, 0) is 21.4 Å². The van der Waals surface area contributed by atoms with Crippen LogP contribution < -0.4 is 21.2 Å². The molecule has 3 amide bonds. The summed E-state index contributed by atoms with van der Waals surface area (Å²) in [7, 11) is 1.68. The molecule has 0 radical (unpaired) electrons. The number of piperidine rings is 1. The van der Waals surface area contributed by atoms with Gasteiger partial charge >= 0.3 is 5.69 Å². The molecule has 1 spiro atoms. The first kappa shape index (κ1) is 42.0. The number of piperazine rings is 1. The van der Waals surface area contributed by atoms with E-state index >= 15 is 0 Å². The number of ether oxygens (including phenoxy) is 1. The van der Waals surface area contributed by atoms with E-state index < -0.39 is 30.0 Å². The molecular formula is C45H52F2N12O5. The molecule has 64 heavy (non-hydrogen) atoms. The number of anilines is 2. The van der Waals surface area contributed by atoms with Gasteiger partial charge in [-0.05, 0) is 69.1 Å². The number of benzene rings is 1. The lowest BCUT2D eigenvalue weighted by Crippen LogP contribution is -2.48. The number of halogens is 2. The molecule has 4 aliphatic heterocycles. The van der Waals surface area contributed by atoms with E-state index in [1.165, 1.54) is 19.8 Å². The highest BCUT2D eigenvalue weighted by atomic mass is 19.3. The average molecular weight is 879 g/mol. The molecule has 2 N–H and O–H groups in total. The van der Waals surface area contributed by atoms with Gasteiger partial charge in [-0.3, -0.25) is 38.4 Å². The number of aryl methyl sites for hydroxylation is 1. The maximum absolute atomic E-state index is 14.3. The highest BCUT2D eigenvalue weighted by molar-refractivity contribution is 6.08. The van der Waals surface area contributed by atoms with E-state index in [-0.39, 0.29) is 47.1 Å². The third kappa shape index (κ3) is 8.07. The van der Waals surface area contributed by atoms with Gasteiger partial charge in [0.15, 0.2) is 11.3 Å². The van der Waals surface area contributed by atoms with E-state index in [1.54, 1.807) is 24.1 Å². The van der Waals surface area contributed by atoms with Crippen LogP contribution >= 0.6 is 0 Å². The monoisotopic (exact) mass is 878 g/mol. The number of nitrogens with zero attached hydrogens (tertiary/aromatic N) is 10. The number of amides is 3. The summed E-state index contributed by atoms with van der Waals surface area (Å²) in [6, 6.07) is 6.61. The number of carbonyl (C=O) groups is 3. The van der Waals surface area contributed by atoms with Crippen LogP contribution in [0.3, 0.4) is 0 Å². The van der Waals surface area contributed by atoms with Crippen molar-refractivity contribution in [2.45, 2.75) is 69.9 Å². The minimum atomic E-state index is -2.86. The zero-order chi connectivity index (χ0) is 44.1. The van der Waals surface area contributed by atoms with Gasteiger partial charge in [-0.25, -0.2) is 23.1 Å². The second-order valence-electron chi connectivity index (χ2n) is 18.2. The second kappa shape index (κ2) is 17.2. The van der Waals surface area contributed by atoms with Crippen LogP contribution in [0.25, 0.3) is 16.7 Å². The number of alkyl halides is 2. The number of hydrogen-bond donors (Lipinski definition) is 2. The maximum atomic E-state index is 14.3. The van der Waals surface area contributed by atoms with E-state index in [2.05, 4.69) is 47.4 Å². The minimum Gasteiger partial charge on any atom is -0.381 e. The zero-order valence-corrected chi connectivity index (χ0v) is 35.8. The van der Waals surface area contributed by atoms with Crippen molar-refractivity contribution >= 4 is 45.9 Å². The SMILES string of the molecule is Cn1c(=O)n(C2CCC(=O)NC2=O)c2cccc(C#CCN3CCN(CC4CCC(n5cc(NC(=O)c6cnn7ccc(N8CC[C@]9(CCOC9)C8)nc67)c(C(F)F)n5)CC4)CC3)c21. The third-order valence-corrected chi connectivity index (χ3v) is 14.1. The Morgan fingerprint density at radius 1 is 1.03 bits per heavy atom. The summed E-state index contributed by atoms with van der Waals surface area (Å²) in [6.07, 6.45) is 7.87. The molecule has 19 heteroatoms. The highest BCUT2D eigenvalue weighted by Crippen LogP contribution is 2.40. The second-order valence-corrected chi connectivity index (χ2v) is 18.2. The molecular weight excluding hydrogens is 827 g/mol. The molecule has 1 aliphatic carbocycles. The number of rotatable bonds is 9. The molecule has 1 unspecified atom stereocenters.